The van der Waals surface area contributed by atoms with Gasteiger partial charge in [0.05, 0.1) is 14.2 Å². The first-order chi connectivity index (χ1) is 9.24. The minimum absolute atomic E-state index is 0.681. The van der Waals surface area contributed by atoms with Gasteiger partial charge in [-0.15, -0.1) is 0 Å². The van der Waals surface area contributed by atoms with Gasteiger partial charge in [-0.2, -0.15) is 0 Å². The highest BCUT2D eigenvalue weighted by Crippen LogP contribution is 2.27. The summed E-state index contributed by atoms with van der Waals surface area (Å²) in [6, 6.07) is 6.74. The summed E-state index contributed by atoms with van der Waals surface area (Å²) in [6.45, 7) is 3.14. The summed E-state index contributed by atoms with van der Waals surface area (Å²) in [5.41, 5.74) is 1.22. The highest BCUT2D eigenvalue weighted by atomic mass is 16.5. The van der Waals surface area contributed by atoms with Crippen molar-refractivity contribution in [3.63, 3.8) is 0 Å². The summed E-state index contributed by atoms with van der Waals surface area (Å²) >= 11 is 0. The maximum absolute atomic E-state index is 5.31. The highest BCUT2D eigenvalue weighted by molar-refractivity contribution is 5.42. The van der Waals surface area contributed by atoms with E-state index >= 15 is 0 Å². The van der Waals surface area contributed by atoms with Gasteiger partial charge in [0, 0.05) is 19.1 Å². The SMILES string of the molecule is COc1ccc(CNCC2CCCN2C)cc1OC. The van der Waals surface area contributed by atoms with Crippen LogP contribution in [0.1, 0.15) is 18.4 Å². The van der Waals surface area contributed by atoms with Gasteiger partial charge in [0.25, 0.3) is 0 Å². The van der Waals surface area contributed by atoms with Crippen LogP contribution in [0.4, 0.5) is 0 Å². The third-order valence-corrected chi connectivity index (χ3v) is 3.83. The molecular formula is C15H24N2O2. The monoisotopic (exact) mass is 264 g/mol. The number of ether oxygens (including phenoxy) is 2. The Morgan fingerprint density at radius 2 is 2.05 bits per heavy atom. The fourth-order valence-corrected chi connectivity index (χ4v) is 2.61. The normalized spacial score (nSPS) is 19.6. The van der Waals surface area contributed by atoms with Crippen LogP contribution in [0.2, 0.25) is 0 Å². The van der Waals surface area contributed by atoms with Gasteiger partial charge in [0.1, 0.15) is 0 Å². The van der Waals surface area contributed by atoms with Gasteiger partial charge in [0.15, 0.2) is 11.5 Å². The van der Waals surface area contributed by atoms with Crippen LogP contribution in [0, 0.1) is 0 Å². The Kier molecular flexibility index (Phi) is 5.05. The van der Waals surface area contributed by atoms with Gasteiger partial charge < -0.3 is 19.7 Å². The van der Waals surface area contributed by atoms with E-state index in [1.807, 2.05) is 12.1 Å². The van der Waals surface area contributed by atoms with Gasteiger partial charge in [-0.25, -0.2) is 0 Å². The molecule has 1 aliphatic heterocycles. The molecular weight excluding hydrogens is 240 g/mol. The fraction of sp³-hybridized carbons (Fsp3) is 0.600. The summed E-state index contributed by atoms with van der Waals surface area (Å²) in [7, 11) is 5.53. The summed E-state index contributed by atoms with van der Waals surface area (Å²) in [5.74, 6) is 1.57. The Labute approximate surface area is 115 Å². The number of nitrogens with zero attached hydrogens (tertiary/aromatic N) is 1. The van der Waals surface area contributed by atoms with Crippen LogP contribution >= 0.6 is 0 Å². The Morgan fingerprint density at radius 3 is 2.68 bits per heavy atom. The predicted molar refractivity (Wildman–Crippen MR) is 76.9 cm³/mol. The van der Waals surface area contributed by atoms with E-state index in [4.69, 9.17) is 9.47 Å². The molecule has 1 N–H and O–H groups in total. The minimum atomic E-state index is 0.681. The maximum Gasteiger partial charge on any atom is 0.161 e. The van der Waals surface area contributed by atoms with Crippen molar-refractivity contribution in [3.8, 4) is 11.5 Å². The molecule has 1 unspecified atom stereocenters. The molecule has 0 bridgehead atoms. The molecule has 4 nitrogen and oxygen atoms in total. The van der Waals surface area contributed by atoms with Crippen molar-refractivity contribution >= 4 is 0 Å². The second-order valence-electron chi connectivity index (χ2n) is 5.10. The van der Waals surface area contributed by atoms with E-state index in [1.165, 1.54) is 24.9 Å². The fourth-order valence-electron chi connectivity index (χ4n) is 2.61. The lowest BCUT2D eigenvalue weighted by molar-refractivity contribution is 0.300. The van der Waals surface area contributed by atoms with Crippen LogP contribution in [0.25, 0.3) is 0 Å². The van der Waals surface area contributed by atoms with Gasteiger partial charge in [0.2, 0.25) is 0 Å². The Hall–Kier alpha value is -1.26. The lowest BCUT2D eigenvalue weighted by Gasteiger charge is -2.19. The van der Waals surface area contributed by atoms with Gasteiger partial charge in [-0.05, 0) is 44.1 Å². The average Bonchev–Trinajstić information content (AvgIpc) is 2.84. The van der Waals surface area contributed by atoms with E-state index in [0.29, 0.717) is 6.04 Å². The Morgan fingerprint density at radius 1 is 1.26 bits per heavy atom. The number of nitrogens with one attached hydrogen (secondary N) is 1. The first-order valence-electron chi connectivity index (χ1n) is 6.86. The standard InChI is InChI=1S/C15H24N2O2/c1-17-8-4-5-13(17)11-16-10-12-6-7-14(18-2)15(9-12)19-3/h6-7,9,13,16H,4-5,8,10-11H2,1-3H3. The molecule has 0 aliphatic carbocycles. The second-order valence-corrected chi connectivity index (χ2v) is 5.10. The second kappa shape index (κ2) is 6.78. The van der Waals surface area contributed by atoms with Crippen molar-refractivity contribution in [1.82, 2.24) is 10.2 Å². The zero-order chi connectivity index (χ0) is 13.7. The third-order valence-electron chi connectivity index (χ3n) is 3.83. The number of likely N-dealkylation sites (tertiary alicyclic amines) is 1. The molecule has 1 saturated heterocycles. The Bertz CT molecular complexity index is 409. The van der Waals surface area contributed by atoms with Crippen LogP contribution in [0.5, 0.6) is 11.5 Å². The van der Waals surface area contributed by atoms with Crippen LogP contribution in [-0.2, 0) is 6.54 Å². The van der Waals surface area contributed by atoms with E-state index < -0.39 is 0 Å². The quantitative estimate of drug-likeness (QED) is 0.850. The van der Waals surface area contributed by atoms with Crippen LogP contribution < -0.4 is 14.8 Å². The molecule has 0 aromatic heterocycles. The molecule has 0 radical (unpaired) electrons. The first-order valence-corrected chi connectivity index (χ1v) is 6.86. The average molecular weight is 264 g/mol. The first kappa shape index (κ1) is 14.2. The summed E-state index contributed by atoms with van der Waals surface area (Å²) in [5, 5.41) is 3.52. The topological polar surface area (TPSA) is 33.7 Å². The van der Waals surface area contributed by atoms with Crippen LogP contribution in [0.15, 0.2) is 18.2 Å². The van der Waals surface area contributed by atoms with E-state index in [0.717, 1.165) is 24.6 Å². The summed E-state index contributed by atoms with van der Waals surface area (Å²) in [6.07, 6.45) is 2.62. The molecule has 1 aliphatic rings. The van der Waals surface area contributed by atoms with Gasteiger partial charge >= 0.3 is 0 Å². The lowest BCUT2D eigenvalue weighted by atomic mass is 10.2. The maximum atomic E-state index is 5.31. The zero-order valence-electron chi connectivity index (χ0n) is 12.1. The molecule has 1 atom stereocenters. The molecule has 1 heterocycles. The van der Waals surface area contributed by atoms with Crippen molar-refractivity contribution in [2.24, 2.45) is 0 Å². The summed E-state index contributed by atoms with van der Waals surface area (Å²) in [4.78, 5) is 2.43. The Balaban J connectivity index is 1.85. The molecule has 106 valence electrons. The minimum Gasteiger partial charge on any atom is -0.493 e. The van der Waals surface area contributed by atoms with Crippen molar-refractivity contribution in [2.75, 3.05) is 34.4 Å². The number of likely N-dealkylation sites (N-methyl/N-ethyl adjacent to an activating group) is 1. The highest BCUT2D eigenvalue weighted by Gasteiger charge is 2.19. The molecule has 2 rings (SSSR count). The van der Waals surface area contributed by atoms with E-state index in [1.54, 1.807) is 14.2 Å². The number of methoxy groups -OCH3 is 2. The van der Waals surface area contributed by atoms with E-state index in [2.05, 4.69) is 23.3 Å². The molecule has 1 aromatic carbocycles. The lowest BCUT2D eigenvalue weighted by Crippen LogP contribution is -2.35. The molecule has 4 heteroatoms. The van der Waals surface area contributed by atoms with Crippen LogP contribution in [0.3, 0.4) is 0 Å². The van der Waals surface area contributed by atoms with Crippen molar-refractivity contribution in [3.05, 3.63) is 23.8 Å². The van der Waals surface area contributed by atoms with Gasteiger partial charge in [-0.1, -0.05) is 6.07 Å². The molecule has 0 spiro atoms. The number of rotatable bonds is 6. The largest absolute Gasteiger partial charge is 0.493 e. The molecule has 1 aromatic rings. The summed E-state index contributed by atoms with van der Waals surface area (Å²) < 4.78 is 10.6. The van der Waals surface area contributed by atoms with E-state index in [-0.39, 0.29) is 0 Å². The predicted octanol–water partition coefficient (Wildman–Crippen LogP) is 1.89. The van der Waals surface area contributed by atoms with Crippen LogP contribution in [-0.4, -0.2) is 45.3 Å². The van der Waals surface area contributed by atoms with Crippen molar-refractivity contribution in [2.45, 2.75) is 25.4 Å². The smallest absolute Gasteiger partial charge is 0.161 e. The van der Waals surface area contributed by atoms with Gasteiger partial charge in [-0.3, -0.25) is 0 Å². The van der Waals surface area contributed by atoms with Crippen molar-refractivity contribution < 1.29 is 9.47 Å². The number of benzene rings is 1. The third kappa shape index (κ3) is 3.61. The molecule has 0 saturated carbocycles. The molecule has 1 fully saturated rings. The molecule has 0 amide bonds. The van der Waals surface area contributed by atoms with Crippen molar-refractivity contribution in [1.29, 1.82) is 0 Å². The molecule has 19 heavy (non-hydrogen) atoms. The van der Waals surface area contributed by atoms with E-state index in [9.17, 15) is 0 Å². The number of hydrogen-bond donors (Lipinski definition) is 1. The zero-order valence-corrected chi connectivity index (χ0v) is 12.1. The number of hydrogen-bond acceptors (Lipinski definition) is 4.